The molecule has 0 bridgehead atoms. The highest BCUT2D eigenvalue weighted by molar-refractivity contribution is 4.65. The van der Waals surface area contributed by atoms with E-state index in [4.69, 9.17) is 10.6 Å². The third kappa shape index (κ3) is 3.67. The maximum absolute atomic E-state index is 5.24. The normalized spacial score (nSPS) is 20.5. The second-order valence-corrected chi connectivity index (χ2v) is 2.89. The van der Waals surface area contributed by atoms with Gasteiger partial charge in [0.1, 0.15) is 0 Å². The van der Waals surface area contributed by atoms with Gasteiger partial charge in [-0.3, -0.25) is 5.84 Å². The third-order valence-electron chi connectivity index (χ3n) is 2.00. The molecule has 11 heavy (non-hydrogen) atoms. The van der Waals surface area contributed by atoms with E-state index in [0.29, 0.717) is 6.67 Å². The molecule has 0 amide bonds. The molecular formula is C7H17N3O. The van der Waals surface area contributed by atoms with E-state index in [-0.39, 0.29) is 0 Å². The minimum absolute atomic E-state index is 0.692. The number of nitrogens with two attached hydrogens (primary N) is 1. The van der Waals surface area contributed by atoms with E-state index in [9.17, 15) is 0 Å². The molecule has 0 saturated carbocycles. The molecule has 0 aliphatic carbocycles. The van der Waals surface area contributed by atoms with Crippen molar-refractivity contribution in [2.45, 2.75) is 12.8 Å². The Morgan fingerprint density at radius 2 is 2.09 bits per heavy atom. The molecule has 1 saturated heterocycles. The van der Waals surface area contributed by atoms with Crippen molar-refractivity contribution in [1.82, 2.24) is 10.7 Å². The molecule has 0 aromatic rings. The molecule has 4 nitrogen and oxygen atoms in total. The molecule has 66 valence electrons. The topological polar surface area (TPSA) is 59.3 Å². The maximum Gasteiger partial charge on any atom is 0.0587 e. The lowest BCUT2D eigenvalue weighted by atomic mass is 10.0. The lowest BCUT2D eigenvalue weighted by molar-refractivity contribution is 0.0662. The van der Waals surface area contributed by atoms with Gasteiger partial charge in [0.25, 0.3) is 0 Å². The molecule has 4 heteroatoms. The predicted molar refractivity (Wildman–Crippen MR) is 43.7 cm³/mol. The summed E-state index contributed by atoms with van der Waals surface area (Å²) in [6, 6.07) is 0. The summed E-state index contributed by atoms with van der Waals surface area (Å²) in [4.78, 5) is 0. The van der Waals surface area contributed by atoms with Crippen LogP contribution in [0.5, 0.6) is 0 Å². The molecule has 0 radical (unpaired) electrons. The molecule has 4 N–H and O–H groups in total. The fourth-order valence-electron chi connectivity index (χ4n) is 1.30. The Bertz CT molecular complexity index is 93.7. The summed E-state index contributed by atoms with van der Waals surface area (Å²) >= 11 is 0. The van der Waals surface area contributed by atoms with Crippen molar-refractivity contribution < 1.29 is 4.74 Å². The Hall–Kier alpha value is -0.160. The van der Waals surface area contributed by atoms with E-state index in [0.717, 1.165) is 25.7 Å². The molecule has 1 aliphatic rings. The van der Waals surface area contributed by atoms with Crippen LogP contribution in [0.2, 0.25) is 0 Å². The Morgan fingerprint density at radius 1 is 1.36 bits per heavy atom. The van der Waals surface area contributed by atoms with E-state index in [1.165, 1.54) is 12.8 Å². The molecule has 0 atom stereocenters. The van der Waals surface area contributed by atoms with Gasteiger partial charge in [-0.05, 0) is 25.3 Å². The van der Waals surface area contributed by atoms with Crippen molar-refractivity contribution >= 4 is 0 Å². The molecule has 0 spiro atoms. The number of hydrogen-bond donors (Lipinski definition) is 3. The molecular weight excluding hydrogens is 142 g/mol. The first kappa shape index (κ1) is 8.93. The molecule has 1 aliphatic heterocycles. The van der Waals surface area contributed by atoms with Crippen LogP contribution in [0.1, 0.15) is 12.8 Å². The number of hydrogen-bond acceptors (Lipinski definition) is 4. The summed E-state index contributed by atoms with van der Waals surface area (Å²) < 4.78 is 5.24. The first-order valence-electron chi connectivity index (χ1n) is 4.15. The van der Waals surface area contributed by atoms with Crippen molar-refractivity contribution in [3.63, 3.8) is 0 Å². The molecule has 0 aromatic carbocycles. The minimum atomic E-state index is 0.692. The Balaban J connectivity index is 1.96. The first-order chi connectivity index (χ1) is 5.43. The fourth-order valence-corrected chi connectivity index (χ4v) is 1.30. The monoisotopic (exact) mass is 159 g/mol. The van der Waals surface area contributed by atoms with Crippen LogP contribution in [-0.4, -0.2) is 26.4 Å². The number of ether oxygens (including phenoxy) is 1. The van der Waals surface area contributed by atoms with Crippen LogP contribution in [0.4, 0.5) is 0 Å². The molecule has 1 rings (SSSR count). The van der Waals surface area contributed by atoms with Crippen molar-refractivity contribution in [3.05, 3.63) is 0 Å². The summed E-state index contributed by atoms with van der Waals surface area (Å²) in [5, 5.41) is 3.21. The van der Waals surface area contributed by atoms with Gasteiger partial charge in [0, 0.05) is 13.2 Å². The Kier molecular flexibility index (Phi) is 4.45. The van der Waals surface area contributed by atoms with Crippen LogP contribution < -0.4 is 16.6 Å². The van der Waals surface area contributed by atoms with E-state index in [1.807, 2.05) is 0 Å². The number of rotatable bonds is 4. The fraction of sp³-hybridized carbons (Fsp3) is 1.00. The largest absolute Gasteiger partial charge is 0.381 e. The summed E-state index contributed by atoms with van der Waals surface area (Å²) in [6.45, 7) is 3.58. The minimum Gasteiger partial charge on any atom is -0.381 e. The van der Waals surface area contributed by atoms with Gasteiger partial charge in [-0.1, -0.05) is 0 Å². The quantitative estimate of drug-likeness (QED) is 0.222. The van der Waals surface area contributed by atoms with Crippen LogP contribution in [0, 0.1) is 5.92 Å². The average molecular weight is 159 g/mol. The van der Waals surface area contributed by atoms with E-state index in [1.54, 1.807) is 0 Å². The van der Waals surface area contributed by atoms with Crippen LogP contribution >= 0.6 is 0 Å². The van der Waals surface area contributed by atoms with E-state index >= 15 is 0 Å². The van der Waals surface area contributed by atoms with Crippen LogP contribution in [-0.2, 0) is 4.74 Å². The Labute approximate surface area is 67.4 Å². The van der Waals surface area contributed by atoms with Crippen LogP contribution in [0.15, 0.2) is 0 Å². The zero-order valence-electron chi connectivity index (χ0n) is 6.81. The summed E-state index contributed by atoms with van der Waals surface area (Å²) in [5.41, 5.74) is 2.56. The van der Waals surface area contributed by atoms with Gasteiger partial charge < -0.3 is 10.1 Å². The average Bonchev–Trinajstić information content (AvgIpc) is 2.07. The van der Waals surface area contributed by atoms with Gasteiger partial charge in [-0.2, -0.15) is 0 Å². The maximum atomic E-state index is 5.24. The second-order valence-electron chi connectivity index (χ2n) is 2.89. The first-order valence-corrected chi connectivity index (χ1v) is 4.15. The third-order valence-corrected chi connectivity index (χ3v) is 2.00. The highest BCUT2D eigenvalue weighted by Crippen LogP contribution is 2.12. The van der Waals surface area contributed by atoms with Gasteiger partial charge in [0.2, 0.25) is 0 Å². The standard InChI is InChI=1S/C7H17N3O/c8-10-6-9-5-7-1-3-11-4-2-7/h7,9-10H,1-6,8H2. The van der Waals surface area contributed by atoms with Crippen LogP contribution in [0.25, 0.3) is 0 Å². The lowest BCUT2D eigenvalue weighted by Crippen LogP contribution is -2.37. The highest BCUT2D eigenvalue weighted by Gasteiger charge is 2.12. The molecule has 1 fully saturated rings. The van der Waals surface area contributed by atoms with E-state index in [2.05, 4.69) is 10.7 Å². The van der Waals surface area contributed by atoms with Crippen LogP contribution in [0.3, 0.4) is 0 Å². The van der Waals surface area contributed by atoms with Crippen molar-refractivity contribution in [1.29, 1.82) is 0 Å². The van der Waals surface area contributed by atoms with Gasteiger partial charge >= 0.3 is 0 Å². The Morgan fingerprint density at radius 3 is 2.73 bits per heavy atom. The zero-order chi connectivity index (χ0) is 7.94. The number of nitrogens with one attached hydrogen (secondary N) is 2. The van der Waals surface area contributed by atoms with Crippen molar-refractivity contribution in [3.8, 4) is 0 Å². The second kappa shape index (κ2) is 5.49. The molecule has 0 aromatic heterocycles. The van der Waals surface area contributed by atoms with Gasteiger partial charge in [-0.25, -0.2) is 5.43 Å². The summed E-state index contributed by atoms with van der Waals surface area (Å²) in [5.74, 6) is 5.88. The van der Waals surface area contributed by atoms with Crippen molar-refractivity contribution in [2.75, 3.05) is 26.4 Å². The lowest BCUT2D eigenvalue weighted by Gasteiger charge is -2.21. The van der Waals surface area contributed by atoms with Crippen molar-refractivity contribution in [2.24, 2.45) is 11.8 Å². The van der Waals surface area contributed by atoms with Gasteiger partial charge in [0.15, 0.2) is 0 Å². The van der Waals surface area contributed by atoms with E-state index < -0.39 is 0 Å². The zero-order valence-corrected chi connectivity index (χ0v) is 6.81. The number of hydrazine groups is 1. The van der Waals surface area contributed by atoms with Gasteiger partial charge in [-0.15, -0.1) is 0 Å². The molecule has 0 unspecified atom stereocenters. The molecule has 1 heterocycles. The smallest absolute Gasteiger partial charge is 0.0587 e. The predicted octanol–water partition coefficient (Wildman–Crippen LogP) is -0.577. The summed E-state index contributed by atoms with van der Waals surface area (Å²) in [7, 11) is 0. The highest BCUT2D eigenvalue weighted by atomic mass is 16.5. The van der Waals surface area contributed by atoms with Gasteiger partial charge in [0.05, 0.1) is 6.67 Å². The summed E-state index contributed by atoms with van der Waals surface area (Å²) in [6.07, 6.45) is 2.36. The SMILES string of the molecule is NNCNCC1CCOCC1.